The number of nitrogens with zero attached hydrogens (tertiary/aromatic N) is 3. The van der Waals surface area contributed by atoms with Crippen molar-refractivity contribution in [1.29, 1.82) is 0 Å². The number of hydrogen-bond acceptors (Lipinski definition) is 4. The topological polar surface area (TPSA) is 66.0 Å². The van der Waals surface area contributed by atoms with E-state index in [0.717, 1.165) is 22.7 Å². The standard InChI is InChI=1S/C13H18N4O/c1-8(14)11-5-6-15-12(7-11)18-13-9(2)16-17(4)10(13)3/h5-8H,14H2,1-4H3. The Kier molecular flexibility index (Phi) is 3.34. The van der Waals surface area contributed by atoms with Gasteiger partial charge >= 0.3 is 0 Å². The SMILES string of the molecule is Cc1nn(C)c(C)c1Oc1cc(C(C)N)ccn1. The third kappa shape index (κ3) is 2.36. The second kappa shape index (κ2) is 4.78. The highest BCUT2D eigenvalue weighted by Gasteiger charge is 2.12. The molecule has 0 aliphatic rings. The highest BCUT2D eigenvalue weighted by atomic mass is 16.5. The summed E-state index contributed by atoms with van der Waals surface area (Å²) in [4.78, 5) is 4.19. The predicted octanol–water partition coefficient (Wildman–Crippen LogP) is 2.24. The zero-order chi connectivity index (χ0) is 13.3. The maximum atomic E-state index is 5.84. The van der Waals surface area contributed by atoms with Crippen LogP contribution in [0.15, 0.2) is 18.3 Å². The van der Waals surface area contributed by atoms with E-state index in [1.165, 1.54) is 0 Å². The molecule has 0 radical (unpaired) electrons. The van der Waals surface area contributed by atoms with Crippen molar-refractivity contribution < 1.29 is 4.74 Å². The summed E-state index contributed by atoms with van der Waals surface area (Å²) in [5.74, 6) is 1.30. The number of nitrogens with two attached hydrogens (primary N) is 1. The lowest BCUT2D eigenvalue weighted by Crippen LogP contribution is -2.05. The first-order chi connectivity index (χ1) is 8.49. The van der Waals surface area contributed by atoms with E-state index in [4.69, 9.17) is 10.5 Å². The van der Waals surface area contributed by atoms with E-state index >= 15 is 0 Å². The van der Waals surface area contributed by atoms with Crippen LogP contribution in [-0.2, 0) is 7.05 Å². The van der Waals surface area contributed by atoms with E-state index in [2.05, 4.69) is 10.1 Å². The van der Waals surface area contributed by atoms with Gasteiger partial charge in [-0.25, -0.2) is 4.98 Å². The van der Waals surface area contributed by atoms with Crippen molar-refractivity contribution in [2.45, 2.75) is 26.8 Å². The average molecular weight is 246 g/mol. The predicted molar refractivity (Wildman–Crippen MR) is 69.6 cm³/mol. The lowest BCUT2D eigenvalue weighted by atomic mass is 10.1. The van der Waals surface area contributed by atoms with Gasteiger partial charge in [0.15, 0.2) is 5.75 Å². The maximum Gasteiger partial charge on any atom is 0.219 e. The van der Waals surface area contributed by atoms with Gasteiger partial charge in [0.25, 0.3) is 0 Å². The molecule has 2 N–H and O–H groups in total. The summed E-state index contributed by atoms with van der Waals surface area (Å²) < 4.78 is 7.59. The van der Waals surface area contributed by atoms with Gasteiger partial charge in [0.1, 0.15) is 5.69 Å². The van der Waals surface area contributed by atoms with Gasteiger partial charge in [0, 0.05) is 25.4 Å². The first-order valence-electron chi connectivity index (χ1n) is 5.88. The fourth-order valence-corrected chi connectivity index (χ4v) is 1.77. The van der Waals surface area contributed by atoms with Crippen LogP contribution in [0.1, 0.15) is 29.9 Å². The third-order valence-electron chi connectivity index (χ3n) is 2.93. The number of aromatic nitrogens is 3. The van der Waals surface area contributed by atoms with E-state index in [-0.39, 0.29) is 6.04 Å². The lowest BCUT2D eigenvalue weighted by Gasteiger charge is -2.08. The molecule has 5 nitrogen and oxygen atoms in total. The van der Waals surface area contributed by atoms with Gasteiger partial charge < -0.3 is 10.5 Å². The normalized spacial score (nSPS) is 12.5. The molecule has 0 amide bonds. The molecule has 0 aliphatic heterocycles. The summed E-state index contributed by atoms with van der Waals surface area (Å²) in [6.07, 6.45) is 1.70. The first-order valence-corrected chi connectivity index (χ1v) is 5.88. The van der Waals surface area contributed by atoms with Crippen LogP contribution in [0.3, 0.4) is 0 Å². The van der Waals surface area contributed by atoms with Crippen molar-refractivity contribution >= 4 is 0 Å². The van der Waals surface area contributed by atoms with E-state index in [9.17, 15) is 0 Å². The van der Waals surface area contributed by atoms with Crippen molar-refractivity contribution in [3.63, 3.8) is 0 Å². The Morgan fingerprint density at radius 3 is 2.67 bits per heavy atom. The summed E-state index contributed by atoms with van der Waals surface area (Å²) in [6, 6.07) is 3.71. The smallest absolute Gasteiger partial charge is 0.219 e. The number of rotatable bonds is 3. The van der Waals surface area contributed by atoms with Crippen LogP contribution < -0.4 is 10.5 Å². The average Bonchev–Trinajstić information content (AvgIpc) is 2.56. The largest absolute Gasteiger partial charge is 0.435 e. The second-order valence-electron chi connectivity index (χ2n) is 4.44. The number of aryl methyl sites for hydroxylation is 2. The van der Waals surface area contributed by atoms with Crippen molar-refractivity contribution in [1.82, 2.24) is 14.8 Å². The molecular weight excluding hydrogens is 228 g/mol. The van der Waals surface area contributed by atoms with Crippen molar-refractivity contribution in [2.75, 3.05) is 0 Å². The van der Waals surface area contributed by atoms with Crippen LogP contribution in [0, 0.1) is 13.8 Å². The van der Waals surface area contributed by atoms with Crippen LogP contribution >= 0.6 is 0 Å². The van der Waals surface area contributed by atoms with Gasteiger partial charge in [-0.05, 0) is 32.4 Å². The molecule has 2 heterocycles. The molecule has 1 atom stereocenters. The van der Waals surface area contributed by atoms with Gasteiger partial charge in [-0.1, -0.05) is 0 Å². The lowest BCUT2D eigenvalue weighted by molar-refractivity contribution is 0.454. The van der Waals surface area contributed by atoms with Crippen LogP contribution in [0.5, 0.6) is 11.6 Å². The third-order valence-corrected chi connectivity index (χ3v) is 2.93. The Bertz CT molecular complexity index is 560. The van der Waals surface area contributed by atoms with Gasteiger partial charge in [0.2, 0.25) is 5.88 Å². The van der Waals surface area contributed by atoms with Crippen molar-refractivity contribution in [3.8, 4) is 11.6 Å². The van der Waals surface area contributed by atoms with E-state index in [0.29, 0.717) is 5.88 Å². The highest BCUT2D eigenvalue weighted by Crippen LogP contribution is 2.27. The monoisotopic (exact) mass is 246 g/mol. The minimum atomic E-state index is -0.0357. The Morgan fingerprint density at radius 2 is 2.11 bits per heavy atom. The van der Waals surface area contributed by atoms with Crippen LogP contribution in [0.2, 0.25) is 0 Å². The molecule has 2 aromatic rings. The number of ether oxygens (including phenoxy) is 1. The Morgan fingerprint density at radius 1 is 1.39 bits per heavy atom. The fourth-order valence-electron chi connectivity index (χ4n) is 1.77. The highest BCUT2D eigenvalue weighted by molar-refractivity contribution is 5.36. The van der Waals surface area contributed by atoms with Gasteiger partial charge in [-0.2, -0.15) is 5.10 Å². The van der Waals surface area contributed by atoms with Crippen LogP contribution in [-0.4, -0.2) is 14.8 Å². The Balaban J connectivity index is 2.31. The molecule has 0 bridgehead atoms. The summed E-state index contributed by atoms with van der Waals surface area (Å²) in [7, 11) is 1.89. The molecular formula is C13H18N4O. The minimum absolute atomic E-state index is 0.0357. The number of pyridine rings is 1. The van der Waals surface area contributed by atoms with E-state index < -0.39 is 0 Å². The van der Waals surface area contributed by atoms with Crippen molar-refractivity contribution in [3.05, 3.63) is 35.3 Å². The molecule has 0 saturated carbocycles. The van der Waals surface area contributed by atoms with E-state index in [1.54, 1.807) is 10.9 Å². The van der Waals surface area contributed by atoms with Gasteiger partial charge in [-0.3, -0.25) is 4.68 Å². The number of hydrogen-bond donors (Lipinski definition) is 1. The maximum absolute atomic E-state index is 5.84. The molecule has 0 aromatic carbocycles. The molecule has 2 aromatic heterocycles. The van der Waals surface area contributed by atoms with Crippen molar-refractivity contribution in [2.24, 2.45) is 12.8 Å². The molecule has 2 rings (SSSR count). The summed E-state index contributed by atoms with van der Waals surface area (Å²) >= 11 is 0. The molecule has 1 unspecified atom stereocenters. The van der Waals surface area contributed by atoms with Gasteiger partial charge in [0.05, 0.1) is 5.69 Å². The molecule has 18 heavy (non-hydrogen) atoms. The Labute approximate surface area is 107 Å². The summed E-state index contributed by atoms with van der Waals surface area (Å²) in [5, 5.41) is 4.30. The molecule has 0 spiro atoms. The summed E-state index contributed by atoms with van der Waals surface area (Å²) in [5.41, 5.74) is 8.66. The molecule has 5 heteroatoms. The quantitative estimate of drug-likeness (QED) is 0.902. The molecule has 0 fully saturated rings. The Hall–Kier alpha value is -1.88. The molecule has 0 saturated heterocycles. The minimum Gasteiger partial charge on any atom is -0.435 e. The fraction of sp³-hybridized carbons (Fsp3) is 0.385. The van der Waals surface area contributed by atoms with Gasteiger partial charge in [-0.15, -0.1) is 0 Å². The first kappa shape index (κ1) is 12.6. The zero-order valence-electron chi connectivity index (χ0n) is 11.1. The van der Waals surface area contributed by atoms with E-state index in [1.807, 2.05) is 40.0 Å². The second-order valence-corrected chi connectivity index (χ2v) is 4.44. The summed E-state index contributed by atoms with van der Waals surface area (Å²) in [6.45, 7) is 5.81. The molecule has 96 valence electrons. The van der Waals surface area contributed by atoms with Crippen LogP contribution in [0.4, 0.5) is 0 Å². The van der Waals surface area contributed by atoms with Crippen LogP contribution in [0.25, 0.3) is 0 Å². The molecule has 0 aliphatic carbocycles. The zero-order valence-corrected chi connectivity index (χ0v) is 11.1.